The van der Waals surface area contributed by atoms with Crippen LogP contribution in [0.1, 0.15) is 44.2 Å². The summed E-state index contributed by atoms with van der Waals surface area (Å²) >= 11 is 0. The van der Waals surface area contributed by atoms with Crippen LogP contribution in [0.3, 0.4) is 0 Å². The molecule has 0 aromatic heterocycles. The number of rotatable bonds is 9. The fourth-order valence-electron chi connectivity index (χ4n) is 1.78. The molecule has 0 saturated heterocycles. The quantitative estimate of drug-likeness (QED) is 0.524. The molecule has 0 aliphatic rings. The predicted molar refractivity (Wildman–Crippen MR) is 78.1 cm³/mol. The lowest BCUT2D eigenvalue weighted by atomic mass is 10.1. The molecule has 1 N–H and O–H groups in total. The molecule has 0 amide bonds. The number of benzene rings is 1. The van der Waals surface area contributed by atoms with E-state index in [1.165, 1.54) is 18.4 Å². The molecule has 0 bridgehead atoms. The van der Waals surface area contributed by atoms with Crippen LogP contribution < -0.4 is 10.1 Å². The summed E-state index contributed by atoms with van der Waals surface area (Å²) in [6.07, 6.45) is 6.62. The maximum atomic E-state index is 5.71. The molecule has 0 aliphatic heterocycles. The highest BCUT2D eigenvalue weighted by Gasteiger charge is 2.01. The van der Waals surface area contributed by atoms with Gasteiger partial charge in [-0.15, -0.1) is 6.58 Å². The van der Waals surface area contributed by atoms with Gasteiger partial charge in [-0.25, -0.2) is 0 Å². The van der Waals surface area contributed by atoms with Crippen molar-refractivity contribution >= 4 is 0 Å². The van der Waals surface area contributed by atoms with E-state index < -0.39 is 0 Å². The number of hydrogen-bond acceptors (Lipinski definition) is 2. The van der Waals surface area contributed by atoms with Crippen molar-refractivity contribution in [2.45, 2.75) is 38.6 Å². The van der Waals surface area contributed by atoms with Gasteiger partial charge < -0.3 is 10.1 Å². The van der Waals surface area contributed by atoms with Crippen molar-refractivity contribution < 1.29 is 4.74 Å². The smallest absolute Gasteiger partial charge is 0.119 e. The summed E-state index contributed by atoms with van der Waals surface area (Å²) in [6, 6.07) is 8.72. The Hall–Kier alpha value is -1.28. The lowest BCUT2D eigenvalue weighted by Gasteiger charge is -2.11. The van der Waals surface area contributed by atoms with E-state index in [2.05, 4.69) is 31.0 Å². The second-order valence-corrected chi connectivity index (χ2v) is 4.57. The largest absolute Gasteiger partial charge is 0.494 e. The van der Waals surface area contributed by atoms with E-state index in [-0.39, 0.29) is 0 Å². The van der Waals surface area contributed by atoms with Crippen LogP contribution >= 0.6 is 0 Å². The first-order valence-corrected chi connectivity index (χ1v) is 6.79. The van der Waals surface area contributed by atoms with E-state index in [1.807, 2.05) is 25.3 Å². The van der Waals surface area contributed by atoms with Crippen molar-refractivity contribution in [1.29, 1.82) is 0 Å². The first kappa shape index (κ1) is 14.8. The van der Waals surface area contributed by atoms with Gasteiger partial charge in [0.1, 0.15) is 5.75 Å². The second kappa shape index (κ2) is 8.76. The van der Waals surface area contributed by atoms with Crippen LogP contribution in [0.4, 0.5) is 0 Å². The van der Waals surface area contributed by atoms with Crippen molar-refractivity contribution in [1.82, 2.24) is 5.32 Å². The molecule has 1 rings (SSSR count). The summed E-state index contributed by atoms with van der Waals surface area (Å²) < 4.78 is 5.71. The van der Waals surface area contributed by atoms with Crippen molar-refractivity contribution in [3.63, 3.8) is 0 Å². The lowest BCUT2D eigenvalue weighted by molar-refractivity contribution is 0.305. The summed E-state index contributed by atoms with van der Waals surface area (Å²) in [7, 11) is 1.97. The fourth-order valence-corrected chi connectivity index (χ4v) is 1.78. The highest BCUT2D eigenvalue weighted by atomic mass is 16.5. The molecule has 0 fully saturated rings. The van der Waals surface area contributed by atoms with Gasteiger partial charge in [-0.1, -0.05) is 18.2 Å². The lowest BCUT2D eigenvalue weighted by Crippen LogP contribution is -2.11. The van der Waals surface area contributed by atoms with E-state index in [0.717, 1.165) is 25.2 Å². The number of nitrogens with one attached hydrogen (secondary N) is 1. The highest BCUT2D eigenvalue weighted by molar-refractivity contribution is 5.28. The molecule has 0 heterocycles. The Labute approximate surface area is 111 Å². The minimum absolute atomic E-state index is 0.387. The third-order valence-corrected chi connectivity index (χ3v) is 3.13. The Balaban J connectivity index is 2.24. The van der Waals surface area contributed by atoms with Crippen molar-refractivity contribution in [2.24, 2.45) is 0 Å². The summed E-state index contributed by atoms with van der Waals surface area (Å²) in [5, 5.41) is 3.22. The monoisotopic (exact) mass is 247 g/mol. The first-order valence-electron chi connectivity index (χ1n) is 6.79. The van der Waals surface area contributed by atoms with Crippen LogP contribution in [-0.4, -0.2) is 13.7 Å². The van der Waals surface area contributed by atoms with Crippen LogP contribution in [0.5, 0.6) is 5.75 Å². The van der Waals surface area contributed by atoms with Crippen LogP contribution in [0, 0.1) is 0 Å². The zero-order valence-electron chi connectivity index (χ0n) is 11.6. The normalized spacial score (nSPS) is 12.1. The van der Waals surface area contributed by atoms with Gasteiger partial charge in [-0.3, -0.25) is 0 Å². The summed E-state index contributed by atoms with van der Waals surface area (Å²) in [5.74, 6) is 0.964. The standard InChI is InChI=1S/C16H25NO/c1-4-5-6-7-8-13-18-16-11-9-15(10-12-16)14(2)17-3/h4,9-12,14,17H,1,5-8,13H2,2-3H3. The SMILES string of the molecule is C=CCCCCCOc1ccc(C(C)NC)cc1. The molecule has 1 unspecified atom stereocenters. The highest BCUT2D eigenvalue weighted by Crippen LogP contribution is 2.17. The molecule has 1 aromatic rings. The molecule has 0 radical (unpaired) electrons. The van der Waals surface area contributed by atoms with Gasteiger partial charge in [0.2, 0.25) is 0 Å². The summed E-state index contributed by atoms with van der Waals surface area (Å²) in [6.45, 7) is 6.67. The minimum atomic E-state index is 0.387. The van der Waals surface area contributed by atoms with E-state index in [4.69, 9.17) is 4.74 Å². The van der Waals surface area contributed by atoms with Gasteiger partial charge in [-0.05, 0) is 57.4 Å². The summed E-state index contributed by atoms with van der Waals surface area (Å²) in [4.78, 5) is 0. The Morgan fingerprint density at radius 1 is 1.22 bits per heavy atom. The second-order valence-electron chi connectivity index (χ2n) is 4.57. The van der Waals surface area contributed by atoms with Crippen molar-refractivity contribution in [3.8, 4) is 5.75 Å². The van der Waals surface area contributed by atoms with Crippen molar-refractivity contribution in [3.05, 3.63) is 42.5 Å². The van der Waals surface area contributed by atoms with E-state index in [1.54, 1.807) is 0 Å². The molecular formula is C16H25NO. The Morgan fingerprint density at radius 3 is 2.56 bits per heavy atom. The zero-order chi connectivity index (χ0) is 13.2. The first-order chi connectivity index (χ1) is 8.77. The minimum Gasteiger partial charge on any atom is -0.494 e. The maximum absolute atomic E-state index is 5.71. The molecule has 0 aliphatic carbocycles. The Kier molecular flexibility index (Phi) is 7.19. The molecule has 1 atom stereocenters. The van der Waals surface area contributed by atoms with Crippen LogP contribution in [0.25, 0.3) is 0 Å². The van der Waals surface area contributed by atoms with Crippen molar-refractivity contribution in [2.75, 3.05) is 13.7 Å². The molecular weight excluding hydrogens is 222 g/mol. The molecule has 2 heteroatoms. The zero-order valence-corrected chi connectivity index (χ0v) is 11.6. The average molecular weight is 247 g/mol. The van der Waals surface area contributed by atoms with Crippen LogP contribution in [0.2, 0.25) is 0 Å². The van der Waals surface area contributed by atoms with Crippen LogP contribution in [0.15, 0.2) is 36.9 Å². The maximum Gasteiger partial charge on any atom is 0.119 e. The number of unbranched alkanes of at least 4 members (excludes halogenated alkanes) is 3. The molecule has 0 saturated carbocycles. The molecule has 1 aromatic carbocycles. The predicted octanol–water partition coefficient (Wildman–Crippen LogP) is 4.09. The van der Waals surface area contributed by atoms with Gasteiger partial charge in [0.15, 0.2) is 0 Å². The van der Waals surface area contributed by atoms with Crippen LogP contribution in [-0.2, 0) is 0 Å². The average Bonchev–Trinajstić information content (AvgIpc) is 2.42. The van der Waals surface area contributed by atoms with Gasteiger partial charge in [0.05, 0.1) is 6.61 Å². The molecule has 100 valence electrons. The molecule has 2 nitrogen and oxygen atoms in total. The van der Waals surface area contributed by atoms with E-state index in [9.17, 15) is 0 Å². The molecule has 18 heavy (non-hydrogen) atoms. The Bertz CT molecular complexity index is 331. The third-order valence-electron chi connectivity index (χ3n) is 3.13. The number of hydrogen-bond donors (Lipinski definition) is 1. The molecule has 0 spiro atoms. The van der Waals surface area contributed by atoms with Gasteiger partial charge in [-0.2, -0.15) is 0 Å². The Morgan fingerprint density at radius 2 is 1.94 bits per heavy atom. The number of allylic oxidation sites excluding steroid dienone is 1. The van der Waals surface area contributed by atoms with E-state index >= 15 is 0 Å². The van der Waals surface area contributed by atoms with Gasteiger partial charge in [0, 0.05) is 6.04 Å². The number of ether oxygens (including phenoxy) is 1. The van der Waals surface area contributed by atoms with E-state index in [0.29, 0.717) is 6.04 Å². The summed E-state index contributed by atoms with van der Waals surface area (Å²) in [5.41, 5.74) is 1.29. The fraction of sp³-hybridized carbons (Fsp3) is 0.500. The topological polar surface area (TPSA) is 21.3 Å². The van der Waals surface area contributed by atoms with Gasteiger partial charge in [0.25, 0.3) is 0 Å². The third kappa shape index (κ3) is 5.37. The van der Waals surface area contributed by atoms with Gasteiger partial charge >= 0.3 is 0 Å².